The zero-order valence-electron chi connectivity index (χ0n) is 12.9. The van der Waals surface area contributed by atoms with E-state index in [2.05, 4.69) is 4.98 Å². The fraction of sp³-hybridized carbons (Fsp3) is 0.533. The molecule has 2 rings (SSSR count). The van der Waals surface area contributed by atoms with Gasteiger partial charge in [0.2, 0.25) is 6.41 Å². The van der Waals surface area contributed by atoms with E-state index >= 15 is 0 Å². The molecular weight excluding hydrogens is 270 g/mol. The van der Waals surface area contributed by atoms with Gasteiger partial charge in [-0.05, 0) is 32.9 Å². The monoisotopic (exact) mass is 293 g/mol. The van der Waals surface area contributed by atoms with E-state index in [4.69, 9.17) is 4.74 Å². The number of nitrogens with zero attached hydrogens (tertiary/aromatic N) is 3. The summed E-state index contributed by atoms with van der Waals surface area (Å²) in [5, 5.41) is 0. The van der Waals surface area contributed by atoms with Crippen molar-refractivity contribution in [1.29, 1.82) is 0 Å². The van der Waals surface area contributed by atoms with Crippen LogP contribution in [0.1, 0.15) is 20.8 Å². The fourth-order valence-corrected chi connectivity index (χ4v) is 1.65. The van der Waals surface area contributed by atoms with Crippen LogP contribution in [0.3, 0.4) is 0 Å². The molecule has 0 unspecified atom stereocenters. The molecule has 0 radical (unpaired) electrons. The molecule has 0 bridgehead atoms. The highest BCUT2D eigenvalue weighted by Gasteiger charge is 2.25. The van der Waals surface area contributed by atoms with E-state index in [0.717, 1.165) is 6.41 Å². The molecule has 0 saturated carbocycles. The molecule has 0 atom stereocenters. The predicted octanol–water partition coefficient (Wildman–Crippen LogP) is 1.78. The van der Waals surface area contributed by atoms with E-state index in [9.17, 15) is 9.59 Å². The first-order valence-electron chi connectivity index (χ1n) is 6.94. The maximum atomic E-state index is 11.6. The predicted molar refractivity (Wildman–Crippen MR) is 79.7 cm³/mol. The molecule has 116 valence electrons. The van der Waals surface area contributed by atoms with Gasteiger partial charge in [-0.1, -0.05) is 6.07 Å². The van der Waals surface area contributed by atoms with Crippen molar-refractivity contribution in [3.05, 3.63) is 30.6 Å². The normalized spacial score (nSPS) is 14.8. The molecule has 6 nitrogen and oxygen atoms in total. The largest absolute Gasteiger partial charge is 0.444 e. The third kappa shape index (κ3) is 7.29. The molecule has 1 aliphatic heterocycles. The van der Waals surface area contributed by atoms with E-state index in [1.165, 1.54) is 0 Å². The number of ether oxygens (including phenoxy) is 1. The lowest BCUT2D eigenvalue weighted by Crippen LogP contribution is -2.49. The van der Waals surface area contributed by atoms with E-state index in [1.807, 2.05) is 39.0 Å². The first-order valence-corrected chi connectivity index (χ1v) is 6.94. The van der Waals surface area contributed by atoms with Crippen LogP contribution >= 0.6 is 0 Å². The summed E-state index contributed by atoms with van der Waals surface area (Å²) in [6, 6.07) is 5.72. The number of carbonyl (C=O) groups is 2. The highest BCUT2D eigenvalue weighted by atomic mass is 16.6. The molecule has 2 heterocycles. The molecule has 1 aliphatic rings. The van der Waals surface area contributed by atoms with Crippen LogP contribution in [0.15, 0.2) is 30.6 Å². The minimum Gasteiger partial charge on any atom is -0.444 e. The molecule has 0 aromatic carbocycles. The van der Waals surface area contributed by atoms with Gasteiger partial charge in [-0.3, -0.25) is 9.78 Å². The first kappa shape index (κ1) is 16.9. The standard InChI is InChI=1S/C10H18N2O3.C5H5N/c1-10(2,3)15-9(14)12-6-4-11(8-13)5-7-12;1-2-4-6-5-3-1/h8H,4-7H2,1-3H3;1-5H. The Morgan fingerprint density at radius 1 is 1.10 bits per heavy atom. The van der Waals surface area contributed by atoms with Crippen LogP contribution in [0.25, 0.3) is 0 Å². The number of rotatable bonds is 1. The minimum absolute atomic E-state index is 0.298. The number of piperazine rings is 1. The van der Waals surface area contributed by atoms with Crippen LogP contribution in [0.2, 0.25) is 0 Å². The van der Waals surface area contributed by atoms with Crippen molar-refractivity contribution in [2.75, 3.05) is 26.2 Å². The van der Waals surface area contributed by atoms with Crippen LogP contribution in [0.4, 0.5) is 4.79 Å². The van der Waals surface area contributed by atoms with Gasteiger partial charge in [0.05, 0.1) is 0 Å². The highest BCUT2D eigenvalue weighted by molar-refractivity contribution is 5.68. The minimum atomic E-state index is -0.459. The number of hydrogen-bond acceptors (Lipinski definition) is 4. The van der Waals surface area contributed by atoms with Crippen LogP contribution in [-0.4, -0.2) is 59.1 Å². The van der Waals surface area contributed by atoms with Gasteiger partial charge in [-0.2, -0.15) is 0 Å². The van der Waals surface area contributed by atoms with Gasteiger partial charge in [0.25, 0.3) is 0 Å². The van der Waals surface area contributed by atoms with Gasteiger partial charge in [-0.25, -0.2) is 4.79 Å². The number of hydrogen-bond donors (Lipinski definition) is 0. The van der Waals surface area contributed by atoms with Crippen molar-refractivity contribution in [2.24, 2.45) is 0 Å². The summed E-state index contributed by atoms with van der Waals surface area (Å²) in [6.07, 6.45) is 4.01. The topological polar surface area (TPSA) is 62.7 Å². The second-order valence-corrected chi connectivity index (χ2v) is 5.63. The smallest absolute Gasteiger partial charge is 0.410 e. The number of carbonyl (C=O) groups excluding carboxylic acids is 2. The zero-order valence-corrected chi connectivity index (χ0v) is 12.9. The van der Waals surface area contributed by atoms with Crippen molar-refractivity contribution >= 4 is 12.5 Å². The lowest BCUT2D eigenvalue weighted by molar-refractivity contribution is -0.119. The van der Waals surface area contributed by atoms with E-state index in [1.54, 1.807) is 22.2 Å². The molecule has 0 spiro atoms. The molecule has 1 aromatic rings. The zero-order chi connectivity index (χ0) is 15.7. The third-order valence-electron chi connectivity index (χ3n) is 2.68. The Morgan fingerprint density at radius 3 is 2.00 bits per heavy atom. The molecule has 0 N–H and O–H groups in total. The van der Waals surface area contributed by atoms with Gasteiger partial charge in [0.15, 0.2) is 0 Å². The lowest BCUT2D eigenvalue weighted by Gasteiger charge is -2.33. The second-order valence-electron chi connectivity index (χ2n) is 5.63. The lowest BCUT2D eigenvalue weighted by atomic mass is 10.2. The van der Waals surface area contributed by atoms with E-state index in [-0.39, 0.29) is 6.09 Å². The molecule has 6 heteroatoms. The molecular formula is C15H23N3O3. The fourth-order valence-electron chi connectivity index (χ4n) is 1.65. The Balaban J connectivity index is 0.000000304. The number of amides is 2. The summed E-state index contributed by atoms with van der Waals surface area (Å²) in [7, 11) is 0. The number of pyridine rings is 1. The third-order valence-corrected chi connectivity index (χ3v) is 2.68. The Hall–Kier alpha value is -2.11. The summed E-state index contributed by atoms with van der Waals surface area (Å²) >= 11 is 0. The summed E-state index contributed by atoms with van der Waals surface area (Å²) < 4.78 is 5.23. The summed E-state index contributed by atoms with van der Waals surface area (Å²) in [5.41, 5.74) is -0.459. The van der Waals surface area contributed by atoms with E-state index in [0.29, 0.717) is 26.2 Å². The average molecular weight is 293 g/mol. The molecule has 1 aromatic heterocycles. The molecule has 21 heavy (non-hydrogen) atoms. The van der Waals surface area contributed by atoms with Crippen LogP contribution in [0.5, 0.6) is 0 Å². The van der Waals surface area contributed by atoms with Gasteiger partial charge < -0.3 is 14.5 Å². The van der Waals surface area contributed by atoms with Gasteiger partial charge >= 0.3 is 6.09 Å². The van der Waals surface area contributed by atoms with Gasteiger partial charge in [0.1, 0.15) is 5.60 Å². The average Bonchev–Trinajstić information content (AvgIpc) is 2.48. The molecule has 1 fully saturated rings. The Morgan fingerprint density at radius 2 is 1.67 bits per heavy atom. The van der Waals surface area contributed by atoms with E-state index < -0.39 is 5.60 Å². The quantitative estimate of drug-likeness (QED) is 0.740. The molecule has 0 aliphatic carbocycles. The van der Waals surface area contributed by atoms with Crippen molar-refractivity contribution in [1.82, 2.24) is 14.8 Å². The highest BCUT2D eigenvalue weighted by Crippen LogP contribution is 2.11. The van der Waals surface area contributed by atoms with Crippen molar-refractivity contribution < 1.29 is 14.3 Å². The van der Waals surface area contributed by atoms with Crippen LogP contribution in [-0.2, 0) is 9.53 Å². The Bertz CT molecular complexity index is 397. The summed E-state index contributed by atoms with van der Waals surface area (Å²) in [6.45, 7) is 7.79. The van der Waals surface area contributed by atoms with Crippen molar-refractivity contribution in [3.8, 4) is 0 Å². The SMILES string of the molecule is CC(C)(C)OC(=O)N1CCN(C=O)CC1.c1ccncc1. The van der Waals surface area contributed by atoms with Crippen molar-refractivity contribution in [2.45, 2.75) is 26.4 Å². The Labute approximate surface area is 125 Å². The van der Waals surface area contributed by atoms with Crippen molar-refractivity contribution in [3.63, 3.8) is 0 Å². The van der Waals surface area contributed by atoms with Gasteiger partial charge in [-0.15, -0.1) is 0 Å². The second kappa shape index (κ2) is 8.24. The van der Waals surface area contributed by atoms with Crippen LogP contribution in [0, 0.1) is 0 Å². The molecule has 2 amide bonds. The maximum absolute atomic E-state index is 11.6. The summed E-state index contributed by atoms with van der Waals surface area (Å²) in [5.74, 6) is 0. The summed E-state index contributed by atoms with van der Waals surface area (Å²) in [4.78, 5) is 29.1. The maximum Gasteiger partial charge on any atom is 0.410 e. The number of aromatic nitrogens is 1. The van der Waals surface area contributed by atoms with Gasteiger partial charge in [0, 0.05) is 38.6 Å². The molecule has 1 saturated heterocycles. The van der Waals surface area contributed by atoms with Crippen LogP contribution < -0.4 is 0 Å². The Kier molecular flexibility index (Phi) is 6.65. The first-order chi connectivity index (χ1) is 9.92.